The van der Waals surface area contributed by atoms with Crippen molar-refractivity contribution < 1.29 is 14.1 Å². The Hall–Kier alpha value is -2.78. The van der Waals surface area contributed by atoms with E-state index in [-0.39, 0.29) is 19.1 Å². The number of aromatic nitrogens is 4. The molecule has 0 radical (unpaired) electrons. The number of para-hydroxylation sites is 2. The highest BCUT2D eigenvalue weighted by molar-refractivity contribution is 5.92. The quantitative estimate of drug-likeness (QED) is 0.570. The number of hydrogen-bond acceptors (Lipinski definition) is 7. The van der Waals surface area contributed by atoms with Gasteiger partial charge >= 0.3 is 0 Å². The highest BCUT2D eigenvalue weighted by atomic mass is 16.5. The number of fused-ring (bicyclic) bond motifs is 1. The van der Waals surface area contributed by atoms with E-state index in [1.807, 2.05) is 28.8 Å². The topological polar surface area (TPSA) is 98.3 Å². The highest BCUT2D eigenvalue weighted by Gasteiger charge is 2.14. The lowest BCUT2D eigenvalue weighted by atomic mass is 10.3. The van der Waals surface area contributed by atoms with Gasteiger partial charge in [-0.3, -0.25) is 10.1 Å². The van der Waals surface area contributed by atoms with Crippen molar-refractivity contribution in [3.63, 3.8) is 0 Å². The zero-order valence-corrected chi connectivity index (χ0v) is 16.5. The van der Waals surface area contributed by atoms with Crippen molar-refractivity contribution >= 4 is 22.9 Å². The second kappa shape index (κ2) is 9.43. The molecule has 1 N–H and O–H groups in total. The molecule has 0 bridgehead atoms. The molecule has 9 nitrogen and oxygen atoms in total. The van der Waals surface area contributed by atoms with Crippen molar-refractivity contribution in [3.8, 4) is 0 Å². The van der Waals surface area contributed by atoms with Crippen molar-refractivity contribution in [2.24, 2.45) is 0 Å². The highest BCUT2D eigenvalue weighted by Crippen LogP contribution is 2.19. The van der Waals surface area contributed by atoms with Crippen molar-refractivity contribution in [2.75, 3.05) is 31.6 Å². The molecule has 1 amide bonds. The number of rotatable bonds is 10. The maximum absolute atomic E-state index is 12.3. The summed E-state index contributed by atoms with van der Waals surface area (Å²) in [6.45, 7) is 9.54. The first-order valence-electron chi connectivity index (χ1n) is 9.45. The van der Waals surface area contributed by atoms with Gasteiger partial charge in [0.05, 0.1) is 11.0 Å². The molecule has 3 rings (SSSR count). The third kappa shape index (κ3) is 4.93. The molecule has 0 unspecified atom stereocenters. The van der Waals surface area contributed by atoms with Crippen LogP contribution in [0.2, 0.25) is 0 Å². The molecule has 0 fully saturated rings. The molecule has 0 spiro atoms. The number of nitrogens with one attached hydrogen (secondary N) is 1. The molecule has 1 aromatic carbocycles. The van der Waals surface area contributed by atoms with E-state index in [0.29, 0.717) is 17.7 Å². The van der Waals surface area contributed by atoms with Crippen molar-refractivity contribution in [1.82, 2.24) is 24.6 Å². The molecular formula is C19H26N6O3. The molecule has 0 aliphatic carbocycles. The van der Waals surface area contributed by atoms with Crippen LogP contribution in [-0.2, 0) is 22.7 Å². The molecule has 150 valence electrons. The summed E-state index contributed by atoms with van der Waals surface area (Å²) in [6.07, 6.45) is 0. The fraction of sp³-hybridized carbons (Fsp3) is 0.474. The first-order valence-corrected chi connectivity index (χ1v) is 9.45. The van der Waals surface area contributed by atoms with Gasteiger partial charge in [0, 0.05) is 13.1 Å². The normalized spacial score (nSPS) is 11.4. The summed E-state index contributed by atoms with van der Waals surface area (Å²) >= 11 is 0. The van der Waals surface area contributed by atoms with Gasteiger partial charge in [0.25, 0.3) is 11.8 Å². The van der Waals surface area contributed by atoms with Crippen LogP contribution >= 0.6 is 0 Å². The van der Waals surface area contributed by atoms with E-state index in [4.69, 9.17) is 9.26 Å². The number of hydrogen-bond donors (Lipinski definition) is 1. The van der Waals surface area contributed by atoms with Gasteiger partial charge in [0.15, 0.2) is 5.82 Å². The molecule has 0 saturated carbocycles. The van der Waals surface area contributed by atoms with Gasteiger partial charge in [-0.05, 0) is 32.1 Å². The first-order chi connectivity index (χ1) is 13.6. The Morgan fingerprint density at radius 1 is 1.25 bits per heavy atom. The Balaban J connectivity index is 1.65. The van der Waals surface area contributed by atoms with Crippen LogP contribution < -0.4 is 5.32 Å². The second-order valence-corrected chi connectivity index (χ2v) is 6.38. The maximum atomic E-state index is 12.3. The van der Waals surface area contributed by atoms with Crippen LogP contribution in [0.4, 0.5) is 5.95 Å². The lowest BCUT2D eigenvalue weighted by Crippen LogP contribution is -2.28. The number of likely N-dealkylation sites (N-methyl/N-ethyl adjacent to an activating group) is 1. The van der Waals surface area contributed by atoms with Crippen LogP contribution in [0, 0.1) is 6.92 Å². The van der Waals surface area contributed by atoms with Crippen LogP contribution in [0.15, 0.2) is 28.8 Å². The van der Waals surface area contributed by atoms with Gasteiger partial charge in [-0.2, -0.15) is 4.98 Å². The van der Waals surface area contributed by atoms with E-state index in [2.05, 4.69) is 39.2 Å². The number of aryl methyl sites for hydroxylation is 1. The van der Waals surface area contributed by atoms with Crippen LogP contribution in [0.5, 0.6) is 0 Å². The summed E-state index contributed by atoms with van der Waals surface area (Å²) in [6, 6.07) is 7.85. The number of benzene rings is 1. The molecular weight excluding hydrogens is 360 g/mol. The zero-order valence-electron chi connectivity index (χ0n) is 16.5. The third-order valence-electron chi connectivity index (χ3n) is 4.47. The largest absolute Gasteiger partial charge is 0.362 e. The van der Waals surface area contributed by atoms with Gasteiger partial charge in [-0.1, -0.05) is 31.1 Å². The second-order valence-electron chi connectivity index (χ2n) is 6.38. The molecule has 0 aliphatic rings. The molecule has 3 aromatic rings. The van der Waals surface area contributed by atoms with E-state index in [9.17, 15) is 4.79 Å². The van der Waals surface area contributed by atoms with Gasteiger partial charge in [-0.25, -0.2) is 4.98 Å². The first kappa shape index (κ1) is 20.0. The van der Waals surface area contributed by atoms with Gasteiger partial charge in [0.2, 0.25) is 5.95 Å². The fourth-order valence-corrected chi connectivity index (χ4v) is 2.97. The summed E-state index contributed by atoms with van der Waals surface area (Å²) in [7, 11) is 0. The van der Waals surface area contributed by atoms with E-state index in [1.165, 1.54) is 0 Å². The summed E-state index contributed by atoms with van der Waals surface area (Å²) < 4.78 is 12.4. The monoisotopic (exact) mass is 386 g/mol. The summed E-state index contributed by atoms with van der Waals surface area (Å²) in [5.41, 5.74) is 1.84. The molecule has 2 heterocycles. The van der Waals surface area contributed by atoms with Crippen molar-refractivity contribution in [1.29, 1.82) is 0 Å². The number of imidazole rings is 1. The number of carbonyl (C=O) groups is 1. The van der Waals surface area contributed by atoms with Crippen LogP contribution in [0.25, 0.3) is 11.0 Å². The fourth-order valence-electron chi connectivity index (χ4n) is 2.97. The Morgan fingerprint density at radius 2 is 2.04 bits per heavy atom. The lowest BCUT2D eigenvalue weighted by Gasteiger charge is -2.19. The number of carbonyl (C=O) groups excluding carboxylic acids is 1. The summed E-state index contributed by atoms with van der Waals surface area (Å²) in [5, 5.41) is 6.54. The van der Waals surface area contributed by atoms with Crippen molar-refractivity contribution in [2.45, 2.75) is 33.9 Å². The van der Waals surface area contributed by atoms with Crippen LogP contribution in [-0.4, -0.2) is 56.7 Å². The SMILES string of the molecule is CCN(CC)CCn1c(NC(=O)COCc2nc(C)no2)nc2ccccc21. The molecule has 28 heavy (non-hydrogen) atoms. The smallest absolute Gasteiger partial charge is 0.252 e. The zero-order chi connectivity index (χ0) is 19.9. The number of ether oxygens (including phenoxy) is 1. The standard InChI is InChI=1S/C19H26N6O3/c1-4-24(5-2)10-11-25-16-9-7-6-8-15(16)21-19(25)22-17(26)12-27-13-18-20-14(3)23-28-18/h6-9H,4-5,10-13H2,1-3H3,(H,21,22,26). The minimum absolute atomic E-state index is 0.0899. The Morgan fingerprint density at radius 3 is 2.75 bits per heavy atom. The Kier molecular flexibility index (Phi) is 6.72. The average molecular weight is 386 g/mol. The molecule has 0 saturated heterocycles. The molecule has 0 aliphatic heterocycles. The lowest BCUT2D eigenvalue weighted by molar-refractivity contribution is -0.121. The minimum Gasteiger partial charge on any atom is -0.362 e. The third-order valence-corrected chi connectivity index (χ3v) is 4.47. The van der Waals surface area contributed by atoms with E-state index in [1.54, 1.807) is 6.92 Å². The van der Waals surface area contributed by atoms with Gasteiger partial charge in [0.1, 0.15) is 13.2 Å². The predicted octanol–water partition coefficient (Wildman–Crippen LogP) is 2.22. The van der Waals surface area contributed by atoms with E-state index in [0.717, 1.165) is 37.2 Å². The summed E-state index contributed by atoms with van der Waals surface area (Å²) in [5.74, 6) is 1.12. The van der Waals surface area contributed by atoms with Gasteiger partial charge in [-0.15, -0.1) is 0 Å². The van der Waals surface area contributed by atoms with Crippen molar-refractivity contribution in [3.05, 3.63) is 36.0 Å². The molecule has 0 atom stereocenters. The van der Waals surface area contributed by atoms with Crippen LogP contribution in [0.1, 0.15) is 25.6 Å². The number of amides is 1. The minimum atomic E-state index is -0.282. The van der Waals surface area contributed by atoms with Gasteiger partial charge < -0.3 is 18.7 Å². The molecule has 9 heteroatoms. The Bertz CT molecular complexity index is 915. The maximum Gasteiger partial charge on any atom is 0.252 e. The van der Waals surface area contributed by atoms with Crippen LogP contribution in [0.3, 0.4) is 0 Å². The van der Waals surface area contributed by atoms with E-state index < -0.39 is 0 Å². The molecule has 2 aromatic heterocycles. The van der Waals surface area contributed by atoms with E-state index >= 15 is 0 Å². The Labute approximate surface area is 163 Å². The number of nitrogens with zero attached hydrogens (tertiary/aromatic N) is 5. The average Bonchev–Trinajstić information content (AvgIpc) is 3.26. The summed E-state index contributed by atoms with van der Waals surface area (Å²) in [4.78, 5) is 23.3. The predicted molar refractivity (Wildman–Crippen MR) is 105 cm³/mol. The number of anilines is 1.